The van der Waals surface area contributed by atoms with Gasteiger partial charge in [0, 0.05) is 36.2 Å². The minimum atomic E-state index is -0.201. The average Bonchev–Trinajstić information content (AvgIpc) is 3.25. The summed E-state index contributed by atoms with van der Waals surface area (Å²) in [7, 11) is 0. The van der Waals surface area contributed by atoms with Crippen LogP contribution in [0.15, 0.2) is 34.9 Å². The third-order valence-electron chi connectivity index (χ3n) is 4.06. The molecular formula is C18H23N3O3. The van der Waals surface area contributed by atoms with Gasteiger partial charge < -0.3 is 19.8 Å². The molecule has 6 nitrogen and oxygen atoms in total. The fourth-order valence-corrected chi connectivity index (χ4v) is 2.54. The van der Waals surface area contributed by atoms with Crippen LogP contribution < -0.4 is 10.6 Å². The second kappa shape index (κ2) is 7.49. The van der Waals surface area contributed by atoms with Gasteiger partial charge in [0.2, 0.25) is 5.89 Å². The fraction of sp³-hybridized carbons (Fsp3) is 0.444. The Kier molecular flexibility index (Phi) is 5.15. The van der Waals surface area contributed by atoms with Gasteiger partial charge in [0.1, 0.15) is 5.76 Å². The largest absolute Gasteiger partial charge is 0.441 e. The quantitative estimate of drug-likeness (QED) is 0.878. The molecule has 1 fully saturated rings. The first-order valence-electron chi connectivity index (χ1n) is 8.30. The van der Waals surface area contributed by atoms with Crippen molar-refractivity contribution in [1.82, 2.24) is 10.3 Å². The first-order valence-corrected chi connectivity index (χ1v) is 8.30. The molecule has 3 rings (SSSR count). The summed E-state index contributed by atoms with van der Waals surface area (Å²) in [5.41, 5.74) is 1.62. The number of carbonyl (C=O) groups excluding carboxylic acids is 1. The Labute approximate surface area is 141 Å². The van der Waals surface area contributed by atoms with E-state index in [2.05, 4.69) is 29.5 Å². The molecule has 2 amide bonds. The number of aromatic nitrogens is 1. The molecular weight excluding hydrogens is 306 g/mol. The van der Waals surface area contributed by atoms with Crippen LogP contribution in [0.5, 0.6) is 0 Å². The van der Waals surface area contributed by atoms with Gasteiger partial charge in [-0.05, 0) is 30.7 Å². The van der Waals surface area contributed by atoms with Crippen LogP contribution in [0.25, 0.3) is 11.5 Å². The molecule has 6 heteroatoms. The molecule has 0 saturated carbocycles. The number of urea groups is 1. The lowest BCUT2D eigenvalue weighted by molar-refractivity contribution is 0.185. The molecule has 1 aromatic heterocycles. The molecule has 0 radical (unpaired) electrons. The van der Waals surface area contributed by atoms with Gasteiger partial charge in [0.15, 0.2) is 0 Å². The van der Waals surface area contributed by atoms with Gasteiger partial charge in [-0.1, -0.05) is 13.8 Å². The van der Waals surface area contributed by atoms with Crippen LogP contribution in [-0.2, 0) is 4.74 Å². The van der Waals surface area contributed by atoms with E-state index in [-0.39, 0.29) is 6.03 Å². The molecule has 0 bridgehead atoms. The molecule has 0 unspecified atom stereocenters. The van der Waals surface area contributed by atoms with E-state index in [0.29, 0.717) is 24.3 Å². The monoisotopic (exact) mass is 329 g/mol. The van der Waals surface area contributed by atoms with E-state index in [1.165, 1.54) is 0 Å². The fourth-order valence-electron chi connectivity index (χ4n) is 2.54. The van der Waals surface area contributed by atoms with Gasteiger partial charge in [0.25, 0.3) is 0 Å². The molecule has 24 heavy (non-hydrogen) atoms. The van der Waals surface area contributed by atoms with Crippen LogP contribution in [0.1, 0.15) is 31.9 Å². The molecule has 1 aliphatic rings. The number of amides is 2. The number of hydrogen-bond donors (Lipinski definition) is 2. The molecule has 1 aromatic carbocycles. The maximum Gasteiger partial charge on any atom is 0.319 e. The predicted molar refractivity (Wildman–Crippen MR) is 92.0 cm³/mol. The van der Waals surface area contributed by atoms with Crippen LogP contribution in [0.2, 0.25) is 0 Å². The lowest BCUT2D eigenvalue weighted by Crippen LogP contribution is -2.33. The molecule has 1 aliphatic heterocycles. The summed E-state index contributed by atoms with van der Waals surface area (Å²) in [6.07, 6.45) is 2.76. The molecule has 0 spiro atoms. The number of rotatable bonds is 5. The van der Waals surface area contributed by atoms with E-state index in [0.717, 1.165) is 36.6 Å². The lowest BCUT2D eigenvalue weighted by atomic mass is 10.1. The summed E-state index contributed by atoms with van der Waals surface area (Å²) in [6.45, 7) is 6.28. The molecule has 2 aromatic rings. The number of nitrogens with zero attached hydrogens (tertiary/aromatic N) is 1. The van der Waals surface area contributed by atoms with Gasteiger partial charge in [-0.3, -0.25) is 0 Å². The van der Waals surface area contributed by atoms with Crippen LogP contribution >= 0.6 is 0 Å². The number of hydrogen-bond acceptors (Lipinski definition) is 4. The van der Waals surface area contributed by atoms with Crippen molar-refractivity contribution in [3.8, 4) is 11.5 Å². The highest BCUT2D eigenvalue weighted by Gasteiger charge is 2.16. The van der Waals surface area contributed by atoms with Crippen LogP contribution in [0.4, 0.5) is 10.5 Å². The van der Waals surface area contributed by atoms with Gasteiger partial charge in [0.05, 0.1) is 12.8 Å². The number of anilines is 1. The van der Waals surface area contributed by atoms with Crippen LogP contribution in [0, 0.1) is 5.92 Å². The first-order chi connectivity index (χ1) is 11.6. The second-order valence-electron chi connectivity index (χ2n) is 6.36. The number of nitrogens with one attached hydrogen (secondary N) is 2. The van der Waals surface area contributed by atoms with Crippen molar-refractivity contribution in [3.05, 3.63) is 36.2 Å². The molecule has 2 heterocycles. The third-order valence-corrected chi connectivity index (χ3v) is 4.06. The Hall–Kier alpha value is -2.34. The minimum absolute atomic E-state index is 0.201. The van der Waals surface area contributed by atoms with E-state index < -0.39 is 0 Å². The SMILES string of the molecule is CC(C)c1cnc(-c2ccc(NC(=O)NC[C@H]3CCOC3)cc2)o1. The summed E-state index contributed by atoms with van der Waals surface area (Å²) < 4.78 is 11.0. The summed E-state index contributed by atoms with van der Waals surface area (Å²) in [5, 5.41) is 5.70. The van der Waals surface area contributed by atoms with Gasteiger partial charge in [-0.2, -0.15) is 0 Å². The normalized spacial score (nSPS) is 17.2. The van der Waals surface area contributed by atoms with Gasteiger partial charge >= 0.3 is 6.03 Å². The Morgan fingerprint density at radius 2 is 2.12 bits per heavy atom. The Bertz CT molecular complexity index is 673. The van der Waals surface area contributed by atoms with E-state index in [4.69, 9.17) is 9.15 Å². The molecule has 1 atom stereocenters. The smallest absolute Gasteiger partial charge is 0.319 e. The van der Waals surface area contributed by atoms with Crippen molar-refractivity contribution in [3.63, 3.8) is 0 Å². The summed E-state index contributed by atoms with van der Waals surface area (Å²) in [6, 6.07) is 7.25. The van der Waals surface area contributed by atoms with E-state index in [9.17, 15) is 4.79 Å². The summed E-state index contributed by atoms with van der Waals surface area (Å²) in [4.78, 5) is 16.2. The summed E-state index contributed by atoms with van der Waals surface area (Å²) in [5.74, 6) is 2.18. The van der Waals surface area contributed by atoms with Crippen molar-refractivity contribution in [2.75, 3.05) is 25.1 Å². The topological polar surface area (TPSA) is 76.4 Å². The van der Waals surface area contributed by atoms with Crippen molar-refractivity contribution in [2.24, 2.45) is 5.92 Å². The van der Waals surface area contributed by atoms with Crippen molar-refractivity contribution in [2.45, 2.75) is 26.2 Å². The van der Waals surface area contributed by atoms with E-state index in [1.807, 2.05) is 24.3 Å². The lowest BCUT2D eigenvalue weighted by Gasteiger charge is -2.11. The second-order valence-corrected chi connectivity index (χ2v) is 6.36. The van der Waals surface area contributed by atoms with Gasteiger partial charge in [-0.15, -0.1) is 0 Å². The maximum atomic E-state index is 11.9. The van der Waals surface area contributed by atoms with Crippen molar-refractivity contribution in [1.29, 1.82) is 0 Å². The van der Waals surface area contributed by atoms with Gasteiger partial charge in [-0.25, -0.2) is 9.78 Å². The number of carbonyl (C=O) groups is 1. The standard InChI is InChI=1S/C18H23N3O3/c1-12(2)16-10-19-17(24-16)14-3-5-15(6-4-14)21-18(22)20-9-13-7-8-23-11-13/h3-6,10,12-13H,7-9,11H2,1-2H3,(H2,20,21,22)/t13-/m1/s1. The van der Waals surface area contributed by atoms with E-state index >= 15 is 0 Å². The average molecular weight is 329 g/mol. The number of ether oxygens (including phenoxy) is 1. The Morgan fingerprint density at radius 1 is 1.33 bits per heavy atom. The third kappa shape index (κ3) is 4.14. The highest BCUT2D eigenvalue weighted by Crippen LogP contribution is 2.24. The Morgan fingerprint density at radius 3 is 2.75 bits per heavy atom. The van der Waals surface area contributed by atoms with Crippen LogP contribution in [-0.4, -0.2) is 30.8 Å². The van der Waals surface area contributed by atoms with Crippen LogP contribution in [0.3, 0.4) is 0 Å². The van der Waals surface area contributed by atoms with Crippen molar-refractivity contribution >= 4 is 11.7 Å². The molecule has 1 saturated heterocycles. The molecule has 2 N–H and O–H groups in total. The van der Waals surface area contributed by atoms with E-state index in [1.54, 1.807) is 6.20 Å². The molecule has 0 aliphatic carbocycles. The first kappa shape index (κ1) is 16.5. The maximum absolute atomic E-state index is 11.9. The number of oxazole rings is 1. The summed E-state index contributed by atoms with van der Waals surface area (Å²) >= 11 is 0. The molecule has 128 valence electrons. The zero-order chi connectivity index (χ0) is 16.9. The highest BCUT2D eigenvalue weighted by atomic mass is 16.5. The Balaban J connectivity index is 1.54. The highest BCUT2D eigenvalue weighted by molar-refractivity contribution is 5.89. The zero-order valence-corrected chi connectivity index (χ0v) is 14.0. The minimum Gasteiger partial charge on any atom is -0.441 e. The van der Waals surface area contributed by atoms with Crippen molar-refractivity contribution < 1.29 is 13.9 Å². The number of benzene rings is 1. The predicted octanol–water partition coefficient (Wildman–Crippen LogP) is 3.62. The zero-order valence-electron chi connectivity index (χ0n) is 14.0.